The zero-order chi connectivity index (χ0) is 5.15. The van der Waals surface area contributed by atoms with Gasteiger partial charge < -0.3 is 25.0 Å². The average Bonchev–Trinajstić information content (AvgIpc) is 1.36. The van der Waals surface area contributed by atoms with Crippen LogP contribution in [0.15, 0.2) is 11.1 Å². The van der Waals surface area contributed by atoms with Gasteiger partial charge in [0.15, 0.2) is 0 Å². The van der Waals surface area contributed by atoms with Crippen LogP contribution in [0, 0.1) is 13.8 Å². The van der Waals surface area contributed by atoms with E-state index in [0.717, 1.165) is 11.1 Å². The molecule has 0 rings (SSSR count). The summed E-state index contributed by atoms with van der Waals surface area (Å²) >= 11 is 0. The molecule has 0 saturated heterocycles. The summed E-state index contributed by atoms with van der Waals surface area (Å²) in [5.41, 5.74) is 2.13. The molecule has 0 bridgehead atoms. The second-order valence-electron chi connectivity index (χ2n) is 1.56. The molecule has 0 aromatic heterocycles. The zero-order valence-electron chi connectivity index (χ0n) is 6.41. The van der Waals surface area contributed by atoms with E-state index in [9.17, 15) is 0 Å². The largest absolute Gasteiger partial charge is 1.00 e. The minimum Gasteiger partial charge on any atom is -0.367 e. The summed E-state index contributed by atoms with van der Waals surface area (Å²) in [6.45, 7) is 11.2. The molecule has 0 amide bonds. The summed E-state index contributed by atoms with van der Waals surface area (Å²) in [7, 11) is 0. The van der Waals surface area contributed by atoms with Gasteiger partial charge in [0.05, 0.1) is 0 Å². The molecule has 0 aliphatic rings. The second-order valence-corrected chi connectivity index (χ2v) is 1.56. The quantitative estimate of drug-likeness (QED) is 0.213. The van der Waals surface area contributed by atoms with Crippen molar-refractivity contribution in [2.45, 2.75) is 13.8 Å². The van der Waals surface area contributed by atoms with Crippen molar-refractivity contribution in [3.8, 4) is 0 Å². The van der Waals surface area contributed by atoms with Crippen LogP contribution in [-0.2, 0) is 0 Å². The Labute approximate surface area is 76.5 Å². The third kappa shape index (κ3) is 9.84. The van der Waals surface area contributed by atoms with E-state index in [-0.39, 0.29) is 37.7 Å². The van der Waals surface area contributed by atoms with Crippen molar-refractivity contribution in [3.05, 3.63) is 25.0 Å². The first-order chi connectivity index (χ1) is 2.64. The van der Waals surface area contributed by atoms with Crippen LogP contribution < -0.4 is 37.7 Å². The molecule has 0 aromatic rings. The molecule has 0 aromatic carbocycles. The van der Waals surface area contributed by atoms with E-state index in [1.54, 1.807) is 0 Å². The Morgan fingerprint density at radius 3 is 1.00 bits per heavy atom. The second kappa shape index (κ2) is 7.67. The molecule has 0 aliphatic carbocycles. The first-order valence-electron chi connectivity index (χ1n) is 1.96. The number of allylic oxidation sites excluding steroid dienone is 2. The number of hydrogen-bond donors (Lipinski definition) is 0. The van der Waals surface area contributed by atoms with E-state index in [4.69, 9.17) is 0 Å². The van der Waals surface area contributed by atoms with Gasteiger partial charge in [-0.15, -0.1) is 13.8 Å². The number of hydrogen-bond acceptors (Lipinski definition) is 0. The van der Waals surface area contributed by atoms with Crippen molar-refractivity contribution < 1.29 is 37.7 Å². The molecule has 0 saturated carbocycles. The van der Waals surface area contributed by atoms with Crippen molar-refractivity contribution in [1.29, 1.82) is 0 Å². The third-order valence-electron chi connectivity index (χ3n) is 0.729. The van der Waals surface area contributed by atoms with Crippen LogP contribution in [0.2, 0.25) is 0 Å². The third-order valence-corrected chi connectivity index (χ3v) is 0.729. The Balaban J connectivity index is -0.000000125. The minimum absolute atomic E-state index is 0. The molecule has 0 atom stereocenters. The van der Waals surface area contributed by atoms with Crippen LogP contribution in [0.25, 0.3) is 0 Å². The summed E-state index contributed by atoms with van der Waals surface area (Å²) in [5, 5.41) is 0. The molecule has 2 heteroatoms. The van der Waals surface area contributed by atoms with Gasteiger partial charge in [0.2, 0.25) is 0 Å². The molecular weight excluding hydrogens is 85.9 g/mol. The molecule has 0 heterocycles. The fraction of sp³-hybridized carbons (Fsp3) is 0.333. The van der Waals surface area contributed by atoms with Crippen molar-refractivity contribution in [2.24, 2.45) is 0 Å². The summed E-state index contributed by atoms with van der Waals surface area (Å²) < 4.78 is 0. The van der Waals surface area contributed by atoms with Gasteiger partial charge in [-0.2, -0.15) is 0 Å². The van der Waals surface area contributed by atoms with Gasteiger partial charge in [0, 0.05) is 0 Å². The standard InChI is InChI=1S/C6H10.2Li/c1-5(2)6(3)4;;/h1,3H2,2,4H3;;/q-2;2*+1/b6-5+;;. The van der Waals surface area contributed by atoms with Gasteiger partial charge in [-0.3, -0.25) is 0 Å². The molecule has 0 nitrogen and oxygen atoms in total. The van der Waals surface area contributed by atoms with Crippen molar-refractivity contribution >= 4 is 0 Å². The van der Waals surface area contributed by atoms with Gasteiger partial charge in [0.1, 0.15) is 0 Å². The van der Waals surface area contributed by atoms with Crippen LogP contribution in [0.5, 0.6) is 0 Å². The van der Waals surface area contributed by atoms with E-state index in [2.05, 4.69) is 13.8 Å². The van der Waals surface area contributed by atoms with Crippen LogP contribution in [0.4, 0.5) is 0 Å². The van der Waals surface area contributed by atoms with Gasteiger partial charge in [-0.05, 0) is 0 Å². The minimum atomic E-state index is 0. The first-order valence-corrected chi connectivity index (χ1v) is 1.96. The van der Waals surface area contributed by atoms with Crippen molar-refractivity contribution in [2.75, 3.05) is 0 Å². The van der Waals surface area contributed by atoms with Crippen LogP contribution in [0.3, 0.4) is 0 Å². The van der Waals surface area contributed by atoms with E-state index < -0.39 is 0 Å². The molecule has 8 heavy (non-hydrogen) atoms. The Morgan fingerprint density at radius 2 is 1.00 bits per heavy atom. The Morgan fingerprint density at radius 1 is 0.875 bits per heavy atom. The maximum Gasteiger partial charge on any atom is 1.00 e. The van der Waals surface area contributed by atoms with Crippen LogP contribution in [0.1, 0.15) is 13.8 Å². The Bertz CT molecular complexity index is 56.6. The van der Waals surface area contributed by atoms with E-state index in [1.807, 2.05) is 13.8 Å². The fourth-order valence-corrected chi connectivity index (χ4v) is 0. The molecule has 36 valence electrons. The molecular formula is C6H10Li2. The fourth-order valence-electron chi connectivity index (χ4n) is 0. The summed E-state index contributed by atoms with van der Waals surface area (Å²) in [5.74, 6) is 0. The maximum absolute atomic E-state index is 3.66. The summed E-state index contributed by atoms with van der Waals surface area (Å²) in [4.78, 5) is 0. The van der Waals surface area contributed by atoms with Gasteiger partial charge in [-0.1, -0.05) is 0 Å². The van der Waals surface area contributed by atoms with Crippen molar-refractivity contribution in [1.82, 2.24) is 0 Å². The molecule has 0 spiro atoms. The molecule has 0 unspecified atom stereocenters. The van der Waals surface area contributed by atoms with Crippen LogP contribution >= 0.6 is 0 Å². The van der Waals surface area contributed by atoms with Crippen molar-refractivity contribution in [3.63, 3.8) is 0 Å². The topological polar surface area (TPSA) is 0 Å². The molecule has 0 aliphatic heterocycles. The molecule has 0 N–H and O–H groups in total. The smallest absolute Gasteiger partial charge is 0.367 e. The zero-order valence-corrected chi connectivity index (χ0v) is 6.41. The van der Waals surface area contributed by atoms with E-state index in [0.29, 0.717) is 0 Å². The predicted octanol–water partition coefficient (Wildman–Crippen LogP) is -4.00. The predicted molar refractivity (Wildman–Crippen MR) is 29.1 cm³/mol. The van der Waals surface area contributed by atoms with Gasteiger partial charge in [-0.25, -0.2) is 0 Å². The van der Waals surface area contributed by atoms with Gasteiger partial charge in [0.25, 0.3) is 0 Å². The maximum atomic E-state index is 3.66. The molecule has 0 radical (unpaired) electrons. The van der Waals surface area contributed by atoms with E-state index >= 15 is 0 Å². The Kier molecular flexibility index (Phi) is 15.2. The molecule has 0 fully saturated rings. The SMILES string of the molecule is [CH2-]/C(C)=C(/[CH2-])C.[Li+].[Li+]. The van der Waals surface area contributed by atoms with E-state index in [1.165, 1.54) is 0 Å². The summed E-state index contributed by atoms with van der Waals surface area (Å²) in [6, 6.07) is 0. The monoisotopic (exact) mass is 96.1 g/mol. The average molecular weight is 96.0 g/mol. The summed E-state index contributed by atoms with van der Waals surface area (Å²) in [6.07, 6.45) is 0. The van der Waals surface area contributed by atoms with Crippen LogP contribution in [-0.4, -0.2) is 0 Å². The first kappa shape index (κ1) is 15.9. The normalized spacial score (nSPS) is 10.2. The van der Waals surface area contributed by atoms with Gasteiger partial charge >= 0.3 is 37.7 Å². The Hall–Kier alpha value is 0.675. The number of rotatable bonds is 0.